The predicted octanol–water partition coefficient (Wildman–Crippen LogP) is 2.96. The number of aliphatic hydroxyl groups is 1. The number of hydrogen-bond acceptors (Lipinski definition) is 2. The Balaban J connectivity index is 0. The van der Waals surface area contributed by atoms with Crippen molar-refractivity contribution in [2.75, 3.05) is 6.61 Å². The SMILES string of the molecule is O=C(O)CCCCCCCCCCCO.[Zn]. The minimum Gasteiger partial charge on any atom is -0.481 e. The van der Waals surface area contributed by atoms with Crippen LogP contribution in [-0.2, 0) is 24.3 Å². The first-order valence-corrected chi connectivity index (χ1v) is 6.10. The molecule has 0 unspecified atom stereocenters. The van der Waals surface area contributed by atoms with Crippen molar-refractivity contribution in [2.45, 2.75) is 64.2 Å². The van der Waals surface area contributed by atoms with Gasteiger partial charge in [0.25, 0.3) is 0 Å². The fraction of sp³-hybridized carbons (Fsp3) is 0.917. The quantitative estimate of drug-likeness (QED) is 0.452. The molecule has 0 aliphatic carbocycles. The first kappa shape index (κ1) is 18.4. The monoisotopic (exact) mass is 280 g/mol. The van der Waals surface area contributed by atoms with Crippen LogP contribution in [0.4, 0.5) is 0 Å². The van der Waals surface area contributed by atoms with Gasteiger partial charge in [0.2, 0.25) is 0 Å². The molecule has 0 rings (SSSR count). The summed E-state index contributed by atoms with van der Waals surface area (Å²) in [6.45, 7) is 0.315. The topological polar surface area (TPSA) is 57.5 Å². The second-order valence-electron chi connectivity index (χ2n) is 4.05. The number of rotatable bonds is 11. The zero-order valence-corrected chi connectivity index (χ0v) is 13.3. The molecule has 0 bridgehead atoms. The summed E-state index contributed by atoms with van der Waals surface area (Å²) in [5.41, 5.74) is 0. The van der Waals surface area contributed by atoms with Crippen LogP contribution in [0.3, 0.4) is 0 Å². The summed E-state index contributed by atoms with van der Waals surface area (Å²) in [7, 11) is 0. The smallest absolute Gasteiger partial charge is 0.303 e. The van der Waals surface area contributed by atoms with E-state index in [0.29, 0.717) is 13.0 Å². The maximum absolute atomic E-state index is 10.2. The summed E-state index contributed by atoms with van der Waals surface area (Å²) in [6.07, 6.45) is 10.3. The molecule has 0 amide bonds. The van der Waals surface area contributed by atoms with E-state index < -0.39 is 5.97 Å². The molecular formula is C12H24O3Zn. The van der Waals surface area contributed by atoms with Crippen molar-refractivity contribution in [3.05, 3.63) is 0 Å². The second kappa shape index (κ2) is 15.1. The molecule has 0 aliphatic rings. The van der Waals surface area contributed by atoms with E-state index in [1.165, 1.54) is 25.7 Å². The molecule has 0 spiro atoms. The largest absolute Gasteiger partial charge is 0.481 e. The van der Waals surface area contributed by atoms with Gasteiger partial charge in [-0.05, 0) is 12.8 Å². The Morgan fingerprint density at radius 3 is 1.50 bits per heavy atom. The van der Waals surface area contributed by atoms with Gasteiger partial charge in [0.15, 0.2) is 0 Å². The Labute approximate surface area is 111 Å². The van der Waals surface area contributed by atoms with E-state index in [-0.39, 0.29) is 19.5 Å². The number of aliphatic carboxylic acids is 1. The Bertz CT molecular complexity index is 151. The van der Waals surface area contributed by atoms with Gasteiger partial charge >= 0.3 is 5.97 Å². The van der Waals surface area contributed by atoms with Crippen LogP contribution in [0.1, 0.15) is 64.2 Å². The molecule has 0 radical (unpaired) electrons. The zero-order chi connectivity index (χ0) is 11.4. The molecule has 0 aromatic rings. The molecule has 4 heteroatoms. The van der Waals surface area contributed by atoms with E-state index in [2.05, 4.69) is 0 Å². The number of hydrogen-bond donors (Lipinski definition) is 2. The van der Waals surface area contributed by atoms with Crippen LogP contribution in [-0.4, -0.2) is 22.8 Å². The molecule has 0 fully saturated rings. The first-order valence-electron chi connectivity index (χ1n) is 6.10. The van der Waals surface area contributed by atoms with Crippen LogP contribution >= 0.6 is 0 Å². The Hall–Kier alpha value is 0.0534. The van der Waals surface area contributed by atoms with Gasteiger partial charge in [0.1, 0.15) is 0 Å². The van der Waals surface area contributed by atoms with Crippen LogP contribution in [0, 0.1) is 0 Å². The number of unbranched alkanes of at least 4 members (excludes halogenated alkanes) is 8. The van der Waals surface area contributed by atoms with Crippen molar-refractivity contribution >= 4 is 5.97 Å². The van der Waals surface area contributed by atoms with Crippen LogP contribution in [0.5, 0.6) is 0 Å². The summed E-state index contributed by atoms with van der Waals surface area (Å²) in [4.78, 5) is 10.2. The molecule has 0 saturated carbocycles. The average molecular weight is 282 g/mol. The van der Waals surface area contributed by atoms with Gasteiger partial charge in [-0.2, -0.15) is 0 Å². The summed E-state index contributed by atoms with van der Waals surface area (Å²) in [5, 5.41) is 17.0. The fourth-order valence-electron chi connectivity index (χ4n) is 1.63. The minimum atomic E-state index is -0.681. The van der Waals surface area contributed by atoms with E-state index in [0.717, 1.165) is 32.1 Å². The zero-order valence-electron chi connectivity index (χ0n) is 10.3. The third kappa shape index (κ3) is 16.5. The van der Waals surface area contributed by atoms with Crippen molar-refractivity contribution in [1.82, 2.24) is 0 Å². The van der Waals surface area contributed by atoms with E-state index >= 15 is 0 Å². The Morgan fingerprint density at radius 2 is 1.12 bits per heavy atom. The predicted molar refractivity (Wildman–Crippen MR) is 60.9 cm³/mol. The van der Waals surface area contributed by atoms with E-state index in [1.807, 2.05) is 0 Å². The van der Waals surface area contributed by atoms with Gasteiger partial charge < -0.3 is 10.2 Å². The van der Waals surface area contributed by atoms with E-state index in [4.69, 9.17) is 10.2 Å². The molecule has 0 atom stereocenters. The number of carbonyl (C=O) groups is 1. The van der Waals surface area contributed by atoms with Crippen LogP contribution in [0.15, 0.2) is 0 Å². The number of aliphatic hydroxyl groups excluding tert-OH is 1. The summed E-state index contributed by atoms with van der Waals surface area (Å²) in [6, 6.07) is 0. The number of carboxylic acid groups (broad SMARTS) is 1. The summed E-state index contributed by atoms with van der Waals surface area (Å²) in [5.74, 6) is -0.681. The normalized spacial score (nSPS) is 9.81. The van der Waals surface area contributed by atoms with Gasteiger partial charge in [-0.25, -0.2) is 0 Å². The van der Waals surface area contributed by atoms with Gasteiger partial charge in [-0.1, -0.05) is 44.9 Å². The molecule has 16 heavy (non-hydrogen) atoms. The van der Waals surface area contributed by atoms with Gasteiger partial charge in [-0.3, -0.25) is 4.79 Å². The average Bonchev–Trinajstić information content (AvgIpc) is 2.20. The molecule has 0 aromatic carbocycles. The molecule has 3 nitrogen and oxygen atoms in total. The van der Waals surface area contributed by atoms with Gasteiger partial charge in [0, 0.05) is 32.5 Å². The van der Waals surface area contributed by atoms with Crippen LogP contribution in [0.25, 0.3) is 0 Å². The first-order chi connectivity index (χ1) is 7.27. The maximum Gasteiger partial charge on any atom is 0.303 e. The molecule has 92 valence electrons. The summed E-state index contributed by atoms with van der Waals surface area (Å²) >= 11 is 0. The third-order valence-corrected chi connectivity index (χ3v) is 2.55. The fourth-order valence-corrected chi connectivity index (χ4v) is 1.63. The maximum atomic E-state index is 10.2. The van der Waals surface area contributed by atoms with E-state index in [1.54, 1.807) is 0 Å². The minimum absolute atomic E-state index is 0. The van der Waals surface area contributed by atoms with Crippen molar-refractivity contribution in [2.24, 2.45) is 0 Å². The molecular weight excluding hydrogens is 258 g/mol. The molecule has 0 saturated heterocycles. The van der Waals surface area contributed by atoms with Crippen molar-refractivity contribution < 1.29 is 34.5 Å². The number of carboxylic acids is 1. The standard InChI is InChI=1S/C12H24O3.Zn/c13-11-9-7-5-3-1-2-4-6-8-10-12(14)15;/h13H,1-11H2,(H,14,15);. The third-order valence-electron chi connectivity index (χ3n) is 2.55. The molecule has 2 N–H and O–H groups in total. The Morgan fingerprint density at radius 1 is 0.750 bits per heavy atom. The Kier molecular flexibility index (Phi) is 17.3. The summed E-state index contributed by atoms with van der Waals surface area (Å²) < 4.78 is 0. The van der Waals surface area contributed by atoms with Crippen molar-refractivity contribution in [3.8, 4) is 0 Å². The van der Waals surface area contributed by atoms with Crippen LogP contribution < -0.4 is 0 Å². The van der Waals surface area contributed by atoms with Crippen LogP contribution in [0.2, 0.25) is 0 Å². The molecule has 0 aliphatic heterocycles. The molecule has 0 heterocycles. The molecule has 0 aromatic heterocycles. The van der Waals surface area contributed by atoms with E-state index in [9.17, 15) is 4.79 Å². The van der Waals surface area contributed by atoms with Crippen molar-refractivity contribution in [1.29, 1.82) is 0 Å². The van der Waals surface area contributed by atoms with Gasteiger partial charge in [0.05, 0.1) is 0 Å². The van der Waals surface area contributed by atoms with Crippen molar-refractivity contribution in [3.63, 3.8) is 0 Å². The second-order valence-corrected chi connectivity index (χ2v) is 4.05. The van der Waals surface area contributed by atoms with Gasteiger partial charge in [-0.15, -0.1) is 0 Å².